The highest BCUT2D eigenvalue weighted by Gasteiger charge is 2.45. The molecule has 1 fully saturated rings. The fraction of sp³-hybridized carbons (Fsp3) is 0.833. The number of ether oxygens (including phenoxy) is 1. The molecule has 11 heavy (non-hydrogen) atoms. The van der Waals surface area contributed by atoms with Gasteiger partial charge in [-0.25, -0.2) is 14.6 Å². The molecule has 0 bridgehead atoms. The molecular formula is C6H10O5. The number of rotatable bonds is 5. The number of carbonyl (C=O) groups is 1. The lowest BCUT2D eigenvalue weighted by atomic mass is 10.3. The molecule has 64 valence electrons. The summed E-state index contributed by atoms with van der Waals surface area (Å²) in [6.07, 6.45) is -1.03. The van der Waals surface area contributed by atoms with Gasteiger partial charge in [-0.2, -0.15) is 0 Å². The maximum absolute atomic E-state index is 10.2. The van der Waals surface area contributed by atoms with Gasteiger partial charge in [-0.05, 0) is 6.92 Å². The van der Waals surface area contributed by atoms with E-state index in [1.54, 1.807) is 6.92 Å². The average Bonchev–Trinajstić information content (AvgIpc) is 2.68. The van der Waals surface area contributed by atoms with Gasteiger partial charge in [0.15, 0.2) is 6.10 Å². The molecule has 0 aromatic rings. The van der Waals surface area contributed by atoms with Gasteiger partial charge in [0.05, 0.1) is 6.61 Å². The second kappa shape index (κ2) is 3.66. The monoisotopic (exact) mass is 162 g/mol. The molecule has 0 aromatic carbocycles. The molecule has 0 spiro atoms. The summed E-state index contributed by atoms with van der Waals surface area (Å²) in [5.41, 5.74) is 0. The molecule has 1 N–H and O–H groups in total. The van der Waals surface area contributed by atoms with E-state index in [1.165, 1.54) is 0 Å². The predicted molar refractivity (Wildman–Crippen MR) is 33.9 cm³/mol. The Kier molecular flexibility index (Phi) is 2.81. The lowest BCUT2D eigenvalue weighted by Crippen LogP contribution is -2.12. The molecule has 2 unspecified atom stereocenters. The largest absolute Gasteiger partial charge is 0.479 e. The van der Waals surface area contributed by atoms with Crippen LogP contribution in [0.4, 0.5) is 0 Å². The molecule has 1 rings (SSSR count). The zero-order chi connectivity index (χ0) is 8.27. The van der Waals surface area contributed by atoms with Gasteiger partial charge in [0.1, 0.15) is 12.7 Å². The van der Waals surface area contributed by atoms with Crippen LogP contribution in [0.2, 0.25) is 0 Å². The number of aliphatic carboxylic acids is 1. The lowest BCUT2D eigenvalue weighted by Gasteiger charge is -1.96. The van der Waals surface area contributed by atoms with E-state index in [9.17, 15) is 4.79 Å². The van der Waals surface area contributed by atoms with E-state index in [0.717, 1.165) is 0 Å². The standard InChI is InChI=1S/C6H10O5/c1-2-9-10-3-4-5(11-4)6(7)8/h4-5H,2-3H2,1H3,(H,7,8). The van der Waals surface area contributed by atoms with Gasteiger partial charge in [0.25, 0.3) is 0 Å². The van der Waals surface area contributed by atoms with Gasteiger partial charge in [0.2, 0.25) is 0 Å². The van der Waals surface area contributed by atoms with E-state index >= 15 is 0 Å². The highest BCUT2D eigenvalue weighted by molar-refractivity contribution is 5.75. The Morgan fingerprint density at radius 1 is 1.64 bits per heavy atom. The van der Waals surface area contributed by atoms with Gasteiger partial charge in [-0.1, -0.05) is 0 Å². The normalized spacial score (nSPS) is 28.5. The van der Waals surface area contributed by atoms with Crippen LogP contribution in [-0.2, 0) is 19.3 Å². The summed E-state index contributed by atoms with van der Waals surface area (Å²) < 4.78 is 4.72. The summed E-state index contributed by atoms with van der Waals surface area (Å²) >= 11 is 0. The van der Waals surface area contributed by atoms with Crippen molar-refractivity contribution in [1.82, 2.24) is 0 Å². The van der Waals surface area contributed by atoms with Crippen molar-refractivity contribution < 1.29 is 24.4 Å². The molecule has 1 aliphatic rings. The van der Waals surface area contributed by atoms with E-state index in [0.29, 0.717) is 6.61 Å². The van der Waals surface area contributed by atoms with Crippen molar-refractivity contribution in [3.63, 3.8) is 0 Å². The quantitative estimate of drug-likeness (QED) is 0.262. The van der Waals surface area contributed by atoms with Crippen LogP contribution < -0.4 is 0 Å². The Labute approximate surface area is 63.8 Å². The van der Waals surface area contributed by atoms with E-state index < -0.39 is 12.1 Å². The first-order valence-corrected chi connectivity index (χ1v) is 3.38. The summed E-state index contributed by atoms with van der Waals surface area (Å²) in [7, 11) is 0. The Bertz CT molecular complexity index is 146. The molecule has 0 aliphatic carbocycles. The SMILES string of the molecule is CCOOCC1OC1C(=O)O. The van der Waals surface area contributed by atoms with E-state index in [2.05, 4.69) is 9.78 Å². The zero-order valence-electron chi connectivity index (χ0n) is 6.15. The number of epoxide rings is 1. The molecule has 0 saturated carbocycles. The highest BCUT2D eigenvalue weighted by Crippen LogP contribution is 2.21. The first-order chi connectivity index (χ1) is 5.25. The van der Waals surface area contributed by atoms with Crippen molar-refractivity contribution in [2.75, 3.05) is 13.2 Å². The molecule has 1 saturated heterocycles. The molecule has 0 aromatic heterocycles. The average molecular weight is 162 g/mol. The fourth-order valence-electron chi connectivity index (χ4n) is 0.685. The van der Waals surface area contributed by atoms with E-state index in [1.807, 2.05) is 0 Å². The topological polar surface area (TPSA) is 68.3 Å². The van der Waals surface area contributed by atoms with E-state index in [4.69, 9.17) is 9.84 Å². The van der Waals surface area contributed by atoms with Crippen LogP contribution in [0.3, 0.4) is 0 Å². The Balaban J connectivity index is 2.00. The summed E-state index contributed by atoms with van der Waals surface area (Å²) in [6.45, 7) is 2.41. The highest BCUT2D eigenvalue weighted by atomic mass is 17.2. The van der Waals surface area contributed by atoms with Crippen molar-refractivity contribution in [2.45, 2.75) is 19.1 Å². The molecule has 1 aliphatic heterocycles. The molecule has 0 amide bonds. The van der Waals surface area contributed by atoms with Crippen molar-refractivity contribution in [3.05, 3.63) is 0 Å². The Hall–Kier alpha value is -0.650. The van der Waals surface area contributed by atoms with Crippen LogP contribution in [-0.4, -0.2) is 36.5 Å². The Morgan fingerprint density at radius 3 is 2.82 bits per heavy atom. The van der Waals surface area contributed by atoms with Gasteiger partial charge in [-0.15, -0.1) is 0 Å². The van der Waals surface area contributed by atoms with Crippen molar-refractivity contribution >= 4 is 5.97 Å². The molecule has 2 atom stereocenters. The maximum Gasteiger partial charge on any atom is 0.335 e. The number of hydrogen-bond donors (Lipinski definition) is 1. The fourth-order valence-corrected chi connectivity index (χ4v) is 0.685. The lowest BCUT2D eigenvalue weighted by molar-refractivity contribution is -0.292. The maximum atomic E-state index is 10.2. The van der Waals surface area contributed by atoms with Gasteiger partial charge in [0, 0.05) is 0 Å². The Morgan fingerprint density at radius 2 is 2.36 bits per heavy atom. The second-order valence-electron chi connectivity index (χ2n) is 2.12. The van der Waals surface area contributed by atoms with Crippen molar-refractivity contribution in [2.24, 2.45) is 0 Å². The minimum atomic E-state index is -0.949. The number of hydrogen-bond acceptors (Lipinski definition) is 4. The minimum absolute atomic E-state index is 0.185. The van der Waals surface area contributed by atoms with Crippen LogP contribution in [0.15, 0.2) is 0 Å². The zero-order valence-corrected chi connectivity index (χ0v) is 6.15. The summed E-state index contributed by atoms with van der Waals surface area (Å²) in [6, 6.07) is 0. The predicted octanol–water partition coefficient (Wildman–Crippen LogP) is -0.194. The molecule has 1 heterocycles. The first kappa shape index (κ1) is 8.45. The van der Waals surface area contributed by atoms with Crippen molar-refractivity contribution in [1.29, 1.82) is 0 Å². The third-order valence-corrected chi connectivity index (χ3v) is 1.26. The number of carboxylic acid groups (broad SMARTS) is 1. The van der Waals surface area contributed by atoms with Crippen LogP contribution in [0, 0.1) is 0 Å². The van der Waals surface area contributed by atoms with Gasteiger partial charge < -0.3 is 9.84 Å². The molecule has 5 nitrogen and oxygen atoms in total. The van der Waals surface area contributed by atoms with Crippen LogP contribution in [0.5, 0.6) is 0 Å². The van der Waals surface area contributed by atoms with Crippen LogP contribution in [0.25, 0.3) is 0 Å². The van der Waals surface area contributed by atoms with E-state index in [-0.39, 0.29) is 12.7 Å². The number of carboxylic acids is 1. The first-order valence-electron chi connectivity index (χ1n) is 3.38. The molecule has 0 radical (unpaired) electrons. The minimum Gasteiger partial charge on any atom is -0.479 e. The van der Waals surface area contributed by atoms with Gasteiger partial charge in [-0.3, -0.25) is 0 Å². The summed E-state index contributed by atoms with van der Waals surface area (Å²) in [5.74, 6) is -0.949. The van der Waals surface area contributed by atoms with Crippen LogP contribution in [0.1, 0.15) is 6.92 Å². The van der Waals surface area contributed by atoms with Gasteiger partial charge >= 0.3 is 5.97 Å². The third kappa shape index (κ3) is 2.45. The van der Waals surface area contributed by atoms with Crippen LogP contribution >= 0.6 is 0 Å². The summed E-state index contributed by atoms with van der Waals surface area (Å²) in [4.78, 5) is 19.3. The molecular weight excluding hydrogens is 152 g/mol. The third-order valence-electron chi connectivity index (χ3n) is 1.26. The second-order valence-corrected chi connectivity index (χ2v) is 2.12. The smallest absolute Gasteiger partial charge is 0.335 e. The van der Waals surface area contributed by atoms with Crippen molar-refractivity contribution in [3.8, 4) is 0 Å². The summed E-state index contributed by atoms with van der Waals surface area (Å²) in [5, 5.41) is 8.36. The molecule has 5 heteroatoms.